The number of halogens is 1. The molecule has 0 unspecified atom stereocenters. The number of nitrogens with one attached hydrogen (secondary N) is 2. The minimum atomic E-state index is -3.25. The SMILES string of the molecule is CCNC(=NCCCS(=O)(=O)c1ccccc1)NCCc1ccc(OC)cc1.I. The second-order valence-electron chi connectivity index (χ2n) is 6.27. The highest BCUT2D eigenvalue weighted by atomic mass is 127. The first kappa shape index (κ1) is 25.2. The predicted molar refractivity (Wildman–Crippen MR) is 129 cm³/mol. The van der Waals surface area contributed by atoms with Crippen LogP contribution in [0.5, 0.6) is 5.75 Å². The molecule has 0 amide bonds. The molecular formula is C21H30IN3O3S. The van der Waals surface area contributed by atoms with Crippen molar-refractivity contribution in [3.8, 4) is 5.75 Å². The lowest BCUT2D eigenvalue weighted by Gasteiger charge is -2.11. The van der Waals surface area contributed by atoms with Crippen LogP contribution in [0.25, 0.3) is 0 Å². The van der Waals surface area contributed by atoms with Gasteiger partial charge < -0.3 is 15.4 Å². The molecule has 2 aromatic carbocycles. The van der Waals surface area contributed by atoms with Crippen LogP contribution in [0.15, 0.2) is 64.5 Å². The zero-order valence-electron chi connectivity index (χ0n) is 16.9. The van der Waals surface area contributed by atoms with Crippen LogP contribution >= 0.6 is 24.0 Å². The molecule has 0 aromatic heterocycles. The highest BCUT2D eigenvalue weighted by Crippen LogP contribution is 2.12. The van der Waals surface area contributed by atoms with Crippen molar-refractivity contribution in [2.75, 3.05) is 32.5 Å². The van der Waals surface area contributed by atoms with E-state index in [2.05, 4.69) is 15.6 Å². The fourth-order valence-electron chi connectivity index (χ4n) is 2.65. The van der Waals surface area contributed by atoms with Gasteiger partial charge in [0.25, 0.3) is 0 Å². The van der Waals surface area contributed by atoms with Crippen molar-refractivity contribution in [3.63, 3.8) is 0 Å². The van der Waals surface area contributed by atoms with Crippen molar-refractivity contribution in [2.45, 2.75) is 24.7 Å². The number of sulfone groups is 1. The van der Waals surface area contributed by atoms with Gasteiger partial charge in [-0.15, -0.1) is 24.0 Å². The normalized spacial score (nSPS) is 11.4. The molecule has 0 spiro atoms. The Labute approximate surface area is 191 Å². The van der Waals surface area contributed by atoms with Gasteiger partial charge in [0, 0.05) is 19.6 Å². The Morgan fingerprint density at radius 1 is 1.03 bits per heavy atom. The Morgan fingerprint density at radius 2 is 1.72 bits per heavy atom. The van der Waals surface area contributed by atoms with Crippen molar-refractivity contribution >= 4 is 39.8 Å². The van der Waals surface area contributed by atoms with Crippen molar-refractivity contribution in [1.29, 1.82) is 0 Å². The molecule has 8 heteroatoms. The number of benzene rings is 2. The van der Waals surface area contributed by atoms with Gasteiger partial charge in [-0.25, -0.2) is 8.42 Å². The molecule has 0 saturated carbocycles. The summed E-state index contributed by atoms with van der Waals surface area (Å²) in [7, 11) is -1.60. The predicted octanol–water partition coefficient (Wildman–Crippen LogP) is 3.27. The molecule has 0 bridgehead atoms. The maximum Gasteiger partial charge on any atom is 0.191 e. The lowest BCUT2D eigenvalue weighted by Crippen LogP contribution is -2.38. The third-order valence-electron chi connectivity index (χ3n) is 4.15. The maximum atomic E-state index is 12.3. The van der Waals surface area contributed by atoms with Gasteiger partial charge in [0.1, 0.15) is 5.75 Å². The van der Waals surface area contributed by atoms with E-state index in [-0.39, 0.29) is 29.7 Å². The summed E-state index contributed by atoms with van der Waals surface area (Å²) in [5.74, 6) is 1.64. The first-order valence-electron chi connectivity index (χ1n) is 9.48. The molecule has 6 nitrogen and oxygen atoms in total. The van der Waals surface area contributed by atoms with Gasteiger partial charge in [-0.2, -0.15) is 0 Å². The summed E-state index contributed by atoms with van der Waals surface area (Å²) in [5.41, 5.74) is 1.21. The van der Waals surface area contributed by atoms with Gasteiger partial charge in [0.15, 0.2) is 15.8 Å². The molecule has 29 heavy (non-hydrogen) atoms. The van der Waals surface area contributed by atoms with Gasteiger partial charge >= 0.3 is 0 Å². The van der Waals surface area contributed by atoms with Crippen LogP contribution in [0.1, 0.15) is 18.9 Å². The first-order valence-corrected chi connectivity index (χ1v) is 11.1. The van der Waals surface area contributed by atoms with Crippen LogP contribution in [0.4, 0.5) is 0 Å². The van der Waals surface area contributed by atoms with E-state index < -0.39 is 9.84 Å². The summed E-state index contributed by atoms with van der Waals surface area (Å²) in [5, 5.41) is 6.47. The van der Waals surface area contributed by atoms with Crippen LogP contribution < -0.4 is 15.4 Å². The molecule has 0 fully saturated rings. The minimum Gasteiger partial charge on any atom is -0.497 e. The average molecular weight is 531 g/mol. The van der Waals surface area contributed by atoms with E-state index >= 15 is 0 Å². The second-order valence-corrected chi connectivity index (χ2v) is 8.38. The van der Waals surface area contributed by atoms with Crippen LogP contribution in [-0.2, 0) is 16.3 Å². The second kappa shape index (κ2) is 13.4. The van der Waals surface area contributed by atoms with E-state index in [1.807, 2.05) is 37.3 Å². The number of nitrogens with zero attached hydrogens (tertiary/aromatic N) is 1. The standard InChI is InChI=1S/C21H29N3O3S.HI/c1-3-22-21(24-16-14-18-10-12-19(27-2)13-11-18)23-15-7-17-28(25,26)20-8-5-4-6-9-20;/h4-6,8-13H,3,7,14-17H2,1-2H3,(H2,22,23,24);1H. The summed E-state index contributed by atoms with van der Waals surface area (Å²) >= 11 is 0. The van der Waals surface area contributed by atoms with E-state index in [1.165, 1.54) is 5.56 Å². The average Bonchev–Trinajstić information content (AvgIpc) is 2.72. The topological polar surface area (TPSA) is 79.8 Å². The van der Waals surface area contributed by atoms with E-state index in [9.17, 15) is 8.42 Å². The summed E-state index contributed by atoms with van der Waals surface area (Å²) in [4.78, 5) is 4.84. The number of rotatable bonds is 10. The zero-order chi connectivity index (χ0) is 20.2. The fourth-order valence-corrected chi connectivity index (χ4v) is 3.97. The minimum absolute atomic E-state index is 0. The highest BCUT2D eigenvalue weighted by molar-refractivity contribution is 14.0. The Morgan fingerprint density at radius 3 is 2.34 bits per heavy atom. The third-order valence-corrected chi connectivity index (χ3v) is 5.97. The highest BCUT2D eigenvalue weighted by Gasteiger charge is 2.12. The van der Waals surface area contributed by atoms with E-state index in [0.29, 0.717) is 23.8 Å². The van der Waals surface area contributed by atoms with Gasteiger partial charge in [-0.05, 0) is 49.6 Å². The molecular weight excluding hydrogens is 501 g/mol. The van der Waals surface area contributed by atoms with Gasteiger partial charge in [0.2, 0.25) is 0 Å². The lowest BCUT2D eigenvalue weighted by molar-refractivity contribution is 0.414. The molecule has 2 aromatic rings. The van der Waals surface area contributed by atoms with Crippen molar-refractivity contribution in [1.82, 2.24) is 10.6 Å². The van der Waals surface area contributed by atoms with E-state index in [1.54, 1.807) is 31.4 Å². The summed E-state index contributed by atoms with van der Waals surface area (Å²) in [6, 6.07) is 16.5. The van der Waals surface area contributed by atoms with Crippen molar-refractivity contribution in [3.05, 3.63) is 60.2 Å². The number of hydrogen-bond acceptors (Lipinski definition) is 4. The Hall–Kier alpha value is -1.81. The molecule has 2 N–H and O–H groups in total. The van der Waals surface area contributed by atoms with Crippen molar-refractivity contribution in [2.24, 2.45) is 4.99 Å². The quantitative estimate of drug-likeness (QED) is 0.213. The molecule has 0 saturated heterocycles. The molecule has 160 valence electrons. The van der Waals surface area contributed by atoms with Gasteiger partial charge in [-0.1, -0.05) is 30.3 Å². The summed E-state index contributed by atoms with van der Waals surface area (Å²) < 4.78 is 29.7. The number of guanidine groups is 1. The molecule has 0 aliphatic carbocycles. The lowest BCUT2D eigenvalue weighted by atomic mass is 10.1. The van der Waals surface area contributed by atoms with Crippen LogP contribution in [0.2, 0.25) is 0 Å². The van der Waals surface area contributed by atoms with E-state index in [0.717, 1.165) is 25.3 Å². The summed E-state index contributed by atoms with van der Waals surface area (Å²) in [6.07, 6.45) is 1.34. The molecule has 0 heterocycles. The van der Waals surface area contributed by atoms with Crippen LogP contribution in [-0.4, -0.2) is 46.9 Å². The smallest absolute Gasteiger partial charge is 0.191 e. The summed E-state index contributed by atoms with van der Waals surface area (Å²) in [6.45, 7) is 3.93. The number of ether oxygens (including phenoxy) is 1. The fraction of sp³-hybridized carbons (Fsp3) is 0.381. The number of hydrogen-bond donors (Lipinski definition) is 2. The van der Waals surface area contributed by atoms with Crippen LogP contribution in [0.3, 0.4) is 0 Å². The third kappa shape index (κ3) is 9.03. The largest absolute Gasteiger partial charge is 0.497 e. The molecule has 0 aliphatic rings. The van der Waals surface area contributed by atoms with Crippen LogP contribution in [0, 0.1) is 0 Å². The molecule has 0 atom stereocenters. The zero-order valence-corrected chi connectivity index (χ0v) is 20.1. The monoisotopic (exact) mass is 531 g/mol. The molecule has 2 rings (SSSR count). The Balaban J connectivity index is 0.00000420. The molecule has 0 aliphatic heterocycles. The Bertz CT molecular complexity index is 841. The maximum absolute atomic E-state index is 12.3. The number of aliphatic imine (C=N–C) groups is 1. The van der Waals surface area contributed by atoms with Gasteiger partial charge in [0.05, 0.1) is 17.8 Å². The first-order chi connectivity index (χ1) is 13.5. The van der Waals surface area contributed by atoms with Gasteiger partial charge in [-0.3, -0.25) is 4.99 Å². The van der Waals surface area contributed by atoms with E-state index in [4.69, 9.17) is 4.74 Å². The molecule has 0 radical (unpaired) electrons. The van der Waals surface area contributed by atoms with Crippen molar-refractivity contribution < 1.29 is 13.2 Å². The number of methoxy groups -OCH3 is 1. The Kier molecular flexibility index (Phi) is 11.7.